The Morgan fingerprint density at radius 3 is 2.55 bits per heavy atom. The highest BCUT2D eigenvalue weighted by Gasteiger charge is 2.22. The number of aromatic nitrogens is 1. The Morgan fingerprint density at radius 2 is 2.05 bits per heavy atom. The van der Waals surface area contributed by atoms with Crippen molar-refractivity contribution >= 4 is 11.7 Å². The molecule has 0 saturated carbocycles. The molecule has 0 atom stereocenters. The van der Waals surface area contributed by atoms with E-state index in [-0.39, 0.29) is 5.91 Å². The van der Waals surface area contributed by atoms with Gasteiger partial charge in [0.05, 0.1) is 5.60 Å². The molecule has 0 radical (unpaired) electrons. The highest BCUT2D eigenvalue weighted by atomic mass is 16.3. The molecule has 0 spiro atoms. The maximum Gasteiger partial charge on any atom is 0.254 e. The largest absolute Gasteiger partial charge is 0.389 e. The van der Waals surface area contributed by atoms with Gasteiger partial charge in [-0.2, -0.15) is 0 Å². The highest BCUT2D eigenvalue weighted by Crippen LogP contribution is 2.14. The monoisotopic (exact) mass is 279 g/mol. The maximum atomic E-state index is 12.5. The van der Waals surface area contributed by atoms with Crippen molar-refractivity contribution in [3.8, 4) is 0 Å². The number of aryl methyl sites for hydroxylation is 1. The molecule has 0 fully saturated rings. The van der Waals surface area contributed by atoms with Crippen molar-refractivity contribution in [2.24, 2.45) is 0 Å². The van der Waals surface area contributed by atoms with E-state index in [9.17, 15) is 9.90 Å². The van der Waals surface area contributed by atoms with Crippen LogP contribution in [-0.2, 0) is 0 Å². The fourth-order valence-corrected chi connectivity index (χ4v) is 2.04. The number of hydrogen-bond donors (Lipinski definition) is 2. The number of hydrogen-bond acceptors (Lipinski definition) is 4. The lowest BCUT2D eigenvalue weighted by molar-refractivity contribution is 0.0314. The fourth-order valence-electron chi connectivity index (χ4n) is 2.04. The number of pyridine rings is 1. The fraction of sp³-hybridized carbons (Fsp3) is 0.600. The molecule has 1 heterocycles. The molecule has 0 aliphatic heterocycles. The maximum absolute atomic E-state index is 12.5. The van der Waals surface area contributed by atoms with Gasteiger partial charge in [-0.25, -0.2) is 4.98 Å². The van der Waals surface area contributed by atoms with Crippen LogP contribution in [-0.4, -0.2) is 46.1 Å². The summed E-state index contributed by atoms with van der Waals surface area (Å²) in [7, 11) is 0. The lowest BCUT2D eigenvalue weighted by Gasteiger charge is -2.28. The van der Waals surface area contributed by atoms with Crippen molar-refractivity contribution < 1.29 is 9.90 Å². The van der Waals surface area contributed by atoms with E-state index in [2.05, 4.69) is 10.3 Å². The third-order valence-electron chi connectivity index (χ3n) is 2.80. The summed E-state index contributed by atoms with van der Waals surface area (Å²) in [5.41, 5.74) is 0.490. The number of anilines is 1. The number of carbonyl (C=O) groups is 1. The van der Waals surface area contributed by atoms with Gasteiger partial charge in [0.15, 0.2) is 0 Å². The molecule has 0 aliphatic carbocycles. The number of amides is 1. The van der Waals surface area contributed by atoms with Crippen molar-refractivity contribution in [1.29, 1.82) is 0 Å². The number of nitrogens with zero attached hydrogens (tertiary/aromatic N) is 2. The Morgan fingerprint density at radius 1 is 1.40 bits per heavy atom. The van der Waals surface area contributed by atoms with Crippen LogP contribution in [0.15, 0.2) is 12.1 Å². The zero-order valence-corrected chi connectivity index (χ0v) is 13.0. The minimum Gasteiger partial charge on any atom is -0.389 e. The van der Waals surface area contributed by atoms with Gasteiger partial charge in [-0.1, -0.05) is 0 Å². The van der Waals surface area contributed by atoms with Crippen LogP contribution in [0.3, 0.4) is 0 Å². The Bertz CT molecular complexity index is 467. The summed E-state index contributed by atoms with van der Waals surface area (Å²) in [6.07, 6.45) is 0. The molecular weight excluding hydrogens is 254 g/mol. The van der Waals surface area contributed by atoms with Gasteiger partial charge in [-0.05, 0) is 46.8 Å². The molecule has 0 saturated heterocycles. The molecule has 0 aromatic carbocycles. The van der Waals surface area contributed by atoms with E-state index >= 15 is 0 Å². The lowest BCUT2D eigenvalue weighted by atomic mass is 10.1. The van der Waals surface area contributed by atoms with Gasteiger partial charge in [-0.3, -0.25) is 4.79 Å². The van der Waals surface area contributed by atoms with Gasteiger partial charge < -0.3 is 15.3 Å². The van der Waals surface area contributed by atoms with Gasteiger partial charge >= 0.3 is 0 Å². The molecule has 5 heteroatoms. The van der Waals surface area contributed by atoms with Crippen LogP contribution in [0, 0.1) is 6.92 Å². The number of carbonyl (C=O) groups excluding carboxylic acids is 1. The standard InChI is InChI=1S/C15H25N3O2/c1-6-16-13-9-12(8-11(3)17-13)14(19)18(7-2)10-15(4,5)20/h8-9,20H,6-7,10H2,1-5H3,(H,16,17). The quantitative estimate of drug-likeness (QED) is 0.836. The summed E-state index contributed by atoms with van der Waals surface area (Å²) in [6, 6.07) is 3.53. The Hall–Kier alpha value is -1.62. The van der Waals surface area contributed by atoms with E-state index in [1.165, 1.54) is 0 Å². The zero-order chi connectivity index (χ0) is 15.3. The topological polar surface area (TPSA) is 65.5 Å². The smallest absolute Gasteiger partial charge is 0.254 e. The summed E-state index contributed by atoms with van der Waals surface area (Å²) >= 11 is 0. The summed E-state index contributed by atoms with van der Waals surface area (Å²) in [5.74, 6) is 0.620. The van der Waals surface area contributed by atoms with Crippen molar-refractivity contribution in [3.05, 3.63) is 23.4 Å². The van der Waals surface area contributed by atoms with Crippen LogP contribution in [0.25, 0.3) is 0 Å². The van der Waals surface area contributed by atoms with E-state index < -0.39 is 5.60 Å². The molecule has 112 valence electrons. The summed E-state index contributed by atoms with van der Waals surface area (Å²) < 4.78 is 0. The van der Waals surface area contributed by atoms with Crippen molar-refractivity contribution in [2.75, 3.05) is 25.0 Å². The van der Waals surface area contributed by atoms with E-state index in [1.54, 1.807) is 30.9 Å². The molecule has 0 bridgehead atoms. The molecule has 2 N–H and O–H groups in total. The van der Waals surface area contributed by atoms with Crippen LogP contribution in [0.5, 0.6) is 0 Å². The first-order chi connectivity index (χ1) is 9.26. The summed E-state index contributed by atoms with van der Waals surface area (Å²) in [5, 5.41) is 13.0. The second kappa shape index (κ2) is 6.70. The molecule has 1 amide bonds. The van der Waals surface area contributed by atoms with Crippen LogP contribution < -0.4 is 5.32 Å². The molecule has 1 rings (SSSR count). The number of nitrogens with one attached hydrogen (secondary N) is 1. The first-order valence-electron chi connectivity index (χ1n) is 7.01. The van der Waals surface area contributed by atoms with E-state index in [0.717, 1.165) is 12.2 Å². The molecular formula is C15H25N3O2. The molecule has 0 aliphatic rings. The Labute approximate surface area is 121 Å². The predicted molar refractivity (Wildman–Crippen MR) is 81.0 cm³/mol. The highest BCUT2D eigenvalue weighted by molar-refractivity contribution is 5.95. The van der Waals surface area contributed by atoms with E-state index in [1.807, 2.05) is 20.8 Å². The number of aliphatic hydroxyl groups is 1. The third-order valence-corrected chi connectivity index (χ3v) is 2.80. The molecule has 5 nitrogen and oxygen atoms in total. The van der Waals surface area contributed by atoms with Gasteiger partial charge in [0.2, 0.25) is 0 Å². The summed E-state index contributed by atoms with van der Waals surface area (Å²) in [4.78, 5) is 18.5. The van der Waals surface area contributed by atoms with Gasteiger partial charge in [-0.15, -0.1) is 0 Å². The molecule has 20 heavy (non-hydrogen) atoms. The summed E-state index contributed by atoms with van der Waals surface area (Å²) in [6.45, 7) is 10.8. The average Bonchev–Trinajstić information content (AvgIpc) is 2.33. The van der Waals surface area contributed by atoms with E-state index in [4.69, 9.17) is 0 Å². The second-order valence-corrected chi connectivity index (χ2v) is 5.54. The first kappa shape index (κ1) is 16.4. The number of likely N-dealkylation sites (N-methyl/N-ethyl adjacent to an activating group) is 1. The van der Waals surface area contributed by atoms with Crippen LogP contribution in [0.2, 0.25) is 0 Å². The minimum absolute atomic E-state index is 0.0840. The lowest BCUT2D eigenvalue weighted by Crippen LogP contribution is -2.42. The SMILES string of the molecule is CCNc1cc(C(=O)N(CC)CC(C)(C)O)cc(C)n1. The van der Waals surface area contributed by atoms with Crippen LogP contribution in [0.1, 0.15) is 43.7 Å². The minimum atomic E-state index is -0.905. The second-order valence-electron chi connectivity index (χ2n) is 5.54. The van der Waals surface area contributed by atoms with E-state index in [0.29, 0.717) is 24.5 Å². The van der Waals surface area contributed by atoms with Crippen LogP contribution >= 0.6 is 0 Å². The molecule has 1 aromatic heterocycles. The Balaban J connectivity index is 3.00. The average molecular weight is 279 g/mol. The van der Waals surface area contributed by atoms with Gasteiger partial charge in [0.1, 0.15) is 5.82 Å². The third kappa shape index (κ3) is 4.81. The first-order valence-corrected chi connectivity index (χ1v) is 7.01. The normalized spacial score (nSPS) is 11.3. The Kier molecular flexibility index (Phi) is 5.51. The predicted octanol–water partition coefficient (Wildman–Crippen LogP) is 2.05. The van der Waals surface area contributed by atoms with Crippen molar-refractivity contribution in [1.82, 2.24) is 9.88 Å². The van der Waals surface area contributed by atoms with Gasteiger partial charge in [0, 0.05) is 30.9 Å². The molecule has 1 aromatic rings. The molecule has 0 unspecified atom stereocenters. The number of rotatable bonds is 6. The van der Waals surface area contributed by atoms with Gasteiger partial charge in [0.25, 0.3) is 5.91 Å². The van der Waals surface area contributed by atoms with Crippen molar-refractivity contribution in [3.63, 3.8) is 0 Å². The van der Waals surface area contributed by atoms with Crippen LogP contribution in [0.4, 0.5) is 5.82 Å². The zero-order valence-electron chi connectivity index (χ0n) is 13.0. The van der Waals surface area contributed by atoms with Crippen molar-refractivity contribution in [2.45, 2.75) is 40.2 Å².